The molecule has 1 aliphatic carbocycles. The van der Waals surface area contributed by atoms with Gasteiger partial charge in [-0.1, -0.05) is 44.2 Å². The highest BCUT2D eigenvalue weighted by Crippen LogP contribution is 2.21. The summed E-state index contributed by atoms with van der Waals surface area (Å²) >= 11 is 1.82. The molecule has 0 heterocycles. The van der Waals surface area contributed by atoms with Crippen LogP contribution in [0.1, 0.15) is 38.7 Å². The summed E-state index contributed by atoms with van der Waals surface area (Å²) in [7, 11) is 0. The van der Waals surface area contributed by atoms with Crippen LogP contribution >= 0.6 is 11.8 Å². The molecule has 1 aromatic rings. The zero-order chi connectivity index (χ0) is 15.1. The zero-order valence-corrected chi connectivity index (χ0v) is 13.8. The van der Waals surface area contributed by atoms with Gasteiger partial charge in [-0.2, -0.15) is 11.8 Å². The fourth-order valence-electron chi connectivity index (χ4n) is 2.51. The van der Waals surface area contributed by atoms with Crippen LogP contribution in [0.5, 0.6) is 0 Å². The molecule has 1 aliphatic rings. The number of hydrogen-bond donors (Lipinski definition) is 2. The molecule has 0 aliphatic heterocycles. The topological polar surface area (TPSA) is 41.1 Å². The molecule has 0 bridgehead atoms. The second kappa shape index (κ2) is 8.44. The molecule has 2 N–H and O–H groups in total. The van der Waals surface area contributed by atoms with Crippen LogP contribution in [0.15, 0.2) is 30.3 Å². The quantitative estimate of drug-likeness (QED) is 0.726. The van der Waals surface area contributed by atoms with Crippen molar-refractivity contribution in [3.8, 4) is 0 Å². The predicted molar refractivity (Wildman–Crippen MR) is 90.4 cm³/mol. The molecule has 116 valence electrons. The summed E-state index contributed by atoms with van der Waals surface area (Å²) in [6.07, 6.45) is 2.89. The highest BCUT2D eigenvalue weighted by molar-refractivity contribution is 7.98. The lowest BCUT2D eigenvalue weighted by Gasteiger charge is -2.39. The first-order valence-electron chi connectivity index (χ1n) is 7.82. The Morgan fingerprint density at radius 1 is 1.24 bits per heavy atom. The van der Waals surface area contributed by atoms with Crippen LogP contribution in [0.4, 0.5) is 0 Å². The number of benzene rings is 1. The molecule has 2 atom stereocenters. The molecule has 0 saturated heterocycles. The first kappa shape index (κ1) is 16.4. The number of carbonyl (C=O) groups is 1. The first-order chi connectivity index (χ1) is 10.1. The Bertz CT molecular complexity index is 436. The van der Waals surface area contributed by atoms with Gasteiger partial charge in [0.25, 0.3) is 0 Å². The molecule has 3 nitrogen and oxygen atoms in total. The number of thioether (sulfide) groups is 1. The summed E-state index contributed by atoms with van der Waals surface area (Å²) in [5.41, 5.74) is 1.32. The Balaban J connectivity index is 1.58. The van der Waals surface area contributed by atoms with Gasteiger partial charge in [0.2, 0.25) is 5.91 Å². The summed E-state index contributed by atoms with van der Waals surface area (Å²) in [4.78, 5) is 11.9. The third-order valence-electron chi connectivity index (χ3n) is 3.75. The highest BCUT2D eigenvalue weighted by atomic mass is 32.2. The third-order valence-corrected chi connectivity index (χ3v) is 4.78. The minimum Gasteiger partial charge on any atom is -0.352 e. The first-order valence-corrected chi connectivity index (χ1v) is 8.97. The summed E-state index contributed by atoms with van der Waals surface area (Å²) in [5, 5.41) is 6.66. The Morgan fingerprint density at radius 2 is 1.95 bits per heavy atom. The average molecular weight is 306 g/mol. The normalized spacial score (nSPS) is 21.1. The second-order valence-electron chi connectivity index (χ2n) is 5.97. The predicted octanol–water partition coefficient (Wildman–Crippen LogP) is 2.96. The molecule has 0 aromatic heterocycles. The van der Waals surface area contributed by atoms with Gasteiger partial charge >= 0.3 is 0 Å². The smallest absolute Gasteiger partial charge is 0.221 e. The third kappa shape index (κ3) is 5.71. The van der Waals surface area contributed by atoms with Crippen LogP contribution in [-0.2, 0) is 10.5 Å². The van der Waals surface area contributed by atoms with E-state index in [-0.39, 0.29) is 5.91 Å². The van der Waals surface area contributed by atoms with E-state index < -0.39 is 0 Å². The lowest BCUT2D eigenvalue weighted by Crippen LogP contribution is -2.58. The minimum atomic E-state index is 0.191. The van der Waals surface area contributed by atoms with E-state index in [1.54, 1.807) is 0 Å². The van der Waals surface area contributed by atoms with Gasteiger partial charge in [-0.05, 0) is 18.4 Å². The fourth-order valence-corrected chi connectivity index (χ4v) is 3.41. The maximum atomic E-state index is 11.9. The number of nitrogens with one attached hydrogen (secondary N) is 2. The number of carbonyl (C=O) groups excluding carboxylic acids is 1. The lowest BCUT2D eigenvalue weighted by atomic mass is 9.85. The monoisotopic (exact) mass is 306 g/mol. The summed E-state index contributed by atoms with van der Waals surface area (Å²) in [6.45, 7) is 4.30. The standard InChI is InChI=1S/C17H26N2OS/c1-13(2)18-15-8-9-16(15)19-17(20)10-11-21-12-14-6-4-3-5-7-14/h3-7,13,15-16,18H,8-12H2,1-2H3,(H,19,20)/t15-,16+/m1/s1. The van der Waals surface area contributed by atoms with Crippen LogP contribution in [0.3, 0.4) is 0 Å². The van der Waals surface area contributed by atoms with Crippen molar-refractivity contribution in [3.05, 3.63) is 35.9 Å². The van der Waals surface area contributed by atoms with Crippen LogP contribution in [0.2, 0.25) is 0 Å². The van der Waals surface area contributed by atoms with Crippen LogP contribution in [-0.4, -0.2) is 29.8 Å². The molecule has 1 amide bonds. The molecular formula is C17H26N2OS. The molecule has 4 heteroatoms. The molecule has 21 heavy (non-hydrogen) atoms. The molecule has 1 fully saturated rings. The van der Waals surface area contributed by atoms with Gasteiger partial charge in [-0.3, -0.25) is 4.79 Å². The number of amides is 1. The van der Waals surface area contributed by atoms with Crippen LogP contribution in [0, 0.1) is 0 Å². The maximum Gasteiger partial charge on any atom is 0.221 e. The SMILES string of the molecule is CC(C)N[C@@H]1CC[C@@H]1NC(=O)CCSCc1ccccc1. The molecular weight excluding hydrogens is 280 g/mol. The molecule has 0 spiro atoms. The zero-order valence-electron chi connectivity index (χ0n) is 13.0. The summed E-state index contributed by atoms with van der Waals surface area (Å²) in [5.74, 6) is 2.06. The van der Waals surface area contributed by atoms with Gasteiger partial charge in [0, 0.05) is 36.1 Å². The summed E-state index contributed by atoms with van der Waals surface area (Å²) in [6, 6.07) is 11.7. The van der Waals surface area contributed by atoms with Crippen molar-refractivity contribution in [1.82, 2.24) is 10.6 Å². The second-order valence-corrected chi connectivity index (χ2v) is 7.07. The van der Waals surface area contributed by atoms with Crippen molar-refractivity contribution in [2.24, 2.45) is 0 Å². The fraction of sp³-hybridized carbons (Fsp3) is 0.588. The van der Waals surface area contributed by atoms with Crippen molar-refractivity contribution in [2.75, 3.05) is 5.75 Å². The summed E-state index contributed by atoms with van der Waals surface area (Å²) < 4.78 is 0. The molecule has 2 rings (SSSR count). The number of hydrogen-bond acceptors (Lipinski definition) is 3. The van der Waals surface area contributed by atoms with E-state index in [4.69, 9.17) is 0 Å². The Morgan fingerprint density at radius 3 is 2.57 bits per heavy atom. The minimum absolute atomic E-state index is 0.191. The Labute approximate surface area is 132 Å². The average Bonchev–Trinajstić information content (AvgIpc) is 2.47. The van der Waals surface area contributed by atoms with E-state index in [2.05, 4.69) is 48.7 Å². The van der Waals surface area contributed by atoms with Crippen molar-refractivity contribution in [3.63, 3.8) is 0 Å². The van der Waals surface area contributed by atoms with E-state index in [1.165, 1.54) is 12.0 Å². The van der Waals surface area contributed by atoms with Gasteiger partial charge in [0.1, 0.15) is 0 Å². The maximum absolute atomic E-state index is 11.9. The van der Waals surface area contributed by atoms with Crippen LogP contribution < -0.4 is 10.6 Å². The van der Waals surface area contributed by atoms with E-state index in [0.29, 0.717) is 24.5 Å². The van der Waals surface area contributed by atoms with E-state index in [1.807, 2.05) is 17.8 Å². The van der Waals surface area contributed by atoms with Crippen molar-refractivity contribution in [1.29, 1.82) is 0 Å². The van der Waals surface area contributed by atoms with Crippen molar-refractivity contribution in [2.45, 2.75) is 57.0 Å². The van der Waals surface area contributed by atoms with E-state index in [9.17, 15) is 4.79 Å². The van der Waals surface area contributed by atoms with Crippen molar-refractivity contribution >= 4 is 17.7 Å². The number of rotatable bonds is 8. The van der Waals surface area contributed by atoms with E-state index in [0.717, 1.165) is 17.9 Å². The molecule has 1 saturated carbocycles. The lowest BCUT2D eigenvalue weighted by molar-refractivity contribution is -0.122. The van der Waals surface area contributed by atoms with Gasteiger partial charge in [-0.15, -0.1) is 0 Å². The molecule has 0 radical (unpaired) electrons. The molecule has 1 aromatic carbocycles. The highest BCUT2D eigenvalue weighted by Gasteiger charge is 2.31. The van der Waals surface area contributed by atoms with Crippen LogP contribution in [0.25, 0.3) is 0 Å². The van der Waals surface area contributed by atoms with E-state index >= 15 is 0 Å². The van der Waals surface area contributed by atoms with Gasteiger partial charge < -0.3 is 10.6 Å². The van der Waals surface area contributed by atoms with Gasteiger partial charge in [0.05, 0.1) is 0 Å². The van der Waals surface area contributed by atoms with Gasteiger partial charge in [0.15, 0.2) is 0 Å². The Hall–Kier alpha value is -1.00. The van der Waals surface area contributed by atoms with Crippen molar-refractivity contribution < 1.29 is 4.79 Å². The molecule has 0 unspecified atom stereocenters. The Kier molecular flexibility index (Phi) is 6.58. The van der Waals surface area contributed by atoms with Gasteiger partial charge in [-0.25, -0.2) is 0 Å². The largest absolute Gasteiger partial charge is 0.352 e.